The van der Waals surface area contributed by atoms with Crippen molar-refractivity contribution in [2.75, 3.05) is 25.0 Å². The molecule has 1 amide bonds. The van der Waals surface area contributed by atoms with E-state index in [0.717, 1.165) is 88.2 Å². The minimum atomic E-state index is -0.205. The fourth-order valence-electron chi connectivity index (χ4n) is 5.98. The van der Waals surface area contributed by atoms with Gasteiger partial charge in [0.2, 0.25) is 6.41 Å². The molecule has 1 fully saturated rings. The molecule has 1 saturated heterocycles. The van der Waals surface area contributed by atoms with Crippen molar-refractivity contribution in [1.29, 1.82) is 0 Å². The highest BCUT2D eigenvalue weighted by Gasteiger charge is 2.21. The maximum atomic E-state index is 13.3. The normalized spacial score (nSPS) is 16.8. The van der Waals surface area contributed by atoms with Gasteiger partial charge in [0.05, 0.1) is 0 Å². The van der Waals surface area contributed by atoms with E-state index in [9.17, 15) is 14.0 Å². The summed E-state index contributed by atoms with van der Waals surface area (Å²) in [7, 11) is 0. The number of nitrogens with one attached hydrogen (secondary N) is 1. The molecule has 0 unspecified atom stereocenters. The number of anilines is 1. The first-order valence-electron chi connectivity index (χ1n) is 14.2. The van der Waals surface area contributed by atoms with Gasteiger partial charge in [-0.25, -0.2) is 4.39 Å². The molecule has 3 aromatic rings. The molecule has 0 saturated carbocycles. The summed E-state index contributed by atoms with van der Waals surface area (Å²) in [5.74, 6) is 0.624. The molecule has 0 aliphatic carbocycles. The standard InChI is InChI=1S/C33H38FN3O2/c34-31-11-6-26(7-12-31)21-37-16-2-4-28-9-10-29(20-30(28)23-37)33(39)13-8-25-14-17-36(18-15-25)22-27-3-1-5-32(19-27)35-24-38/h1,3,5-7,9-12,19-20,24-25H,2,4,8,13-18,21-23H2,(H,35,38). The van der Waals surface area contributed by atoms with Crippen molar-refractivity contribution >= 4 is 17.9 Å². The largest absolute Gasteiger partial charge is 0.329 e. The Kier molecular flexibility index (Phi) is 9.17. The van der Waals surface area contributed by atoms with E-state index in [1.165, 1.54) is 28.8 Å². The van der Waals surface area contributed by atoms with Crippen LogP contribution in [0.25, 0.3) is 0 Å². The number of benzene rings is 3. The molecular weight excluding hydrogens is 489 g/mol. The number of halogens is 1. The van der Waals surface area contributed by atoms with Gasteiger partial charge in [-0.3, -0.25) is 19.4 Å². The van der Waals surface area contributed by atoms with E-state index in [-0.39, 0.29) is 11.6 Å². The highest BCUT2D eigenvalue weighted by molar-refractivity contribution is 5.96. The van der Waals surface area contributed by atoms with Crippen molar-refractivity contribution in [3.63, 3.8) is 0 Å². The van der Waals surface area contributed by atoms with Crippen LogP contribution in [-0.4, -0.2) is 41.6 Å². The first-order valence-corrected chi connectivity index (χ1v) is 14.2. The van der Waals surface area contributed by atoms with E-state index in [1.54, 1.807) is 0 Å². The number of amides is 1. The lowest BCUT2D eigenvalue weighted by Crippen LogP contribution is -2.33. The van der Waals surface area contributed by atoms with Crippen LogP contribution in [-0.2, 0) is 30.8 Å². The predicted octanol–water partition coefficient (Wildman–Crippen LogP) is 6.22. The molecular formula is C33H38FN3O2. The van der Waals surface area contributed by atoms with Crippen LogP contribution in [0.5, 0.6) is 0 Å². The first-order chi connectivity index (χ1) is 19.1. The molecule has 5 nitrogen and oxygen atoms in total. The second-order valence-corrected chi connectivity index (χ2v) is 11.1. The SMILES string of the molecule is O=CNc1cccc(CN2CCC(CCC(=O)c3ccc4c(c3)CN(Cc3ccc(F)cc3)CCC4)CC2)c1. The third kappa shape index (κ3) is 7.61. The average molecular weight is 528 g/mol. The molecule has 0 radical (unpaired) electrons. The summed E-state index contributed by atoms with van der Waals surface area (Å²) >= 11 is 0. The number of aryl methyl sites for hydroxylation is 1. The molecule has 0 spiro atoms. The Hall–Kier alpha value is -3.35. The molecule has 6 heteroatoms. The van der Waals surface area contributed by atoms with Gasteiger partial charge in [0.15, 0.2) is 5.78 Å². The number of carbonyl (C=O) groups excluding carboxylic acids is 2. The predicted molar refractivity (Wildman–Crippen MR) is 153 cm³/mol. The molecule has 2 heterocycles. The second-order valence-electron chi connectivity index (χ2n) is 11.1. The molecule has 2 aliphatic heterocycles. The number of Topliss-reactive ketones (excluding diaryl/α,β-unsaturated/α-hetero) is 1. The number of nitrogens with zero attached hydrogens (tertiary/aromatic N) is 2. The van der Waals surface area contributed by atoms with Crippen molar-refractivity contribution in [2.45, 2.75) is 58.2 Å². The van der Waals surface area contributed by atoms with Crippen LogP contribution in [0.2, 0.25) is 0 Å². The Morgan fingerprint density at radius 3 is 2.49 bits per heavy atom. The lowest BCUT2D eigenvalue weighted by molar-refractivity contribution is -0.105. The lowest BCUT2D eigenvalue weighted by atomic mass is 9.89. The van der Waals surface area contributed by atoms with Crippen LogP contribution in [0.4, 0.5) is 10.1 Å². The quantitative estimate of drug-likeness (QED) is 0.251. The average Bonchev–Trinajstić information content (AvgIpc) is 3.15. The van der Waals surface area contributed by atoms with Gasteiger partial charge in [-0.1, -0.05) is 36.4 Å². The third-order valence-electron chi connectivity index (χ3n) is 8.21. The van der Waals surface area contributed by atoms with Crippen molar-refractivity contribution in [3.8, 4) is 0 Å². The first kappa shape index (κ1) is 27.2. The van der Waals surface area contributed by atoms with Gasteiger partial charge in [-0.05, 0) is 110 Å². The number of fused-ring (bicyclic) bond motifs is 1. The summed E-state index contributed by atoms with van der Waals surface area (Å²) in [4.78, 5) is 28.7. The van der Waals surface area contributed by atoms with Crippen molar-refractivity contribution in [3.05, 3.63) is 100 Å². The highest BCUT2D eigenvalue weighted by Crippen LogP contribution is 2.26. The highest BCUT2D eigenvalue weighted by atomic mass is 19.1. The minimum absolute atomic E-state index is 0.205. The topological polar surface area (TPSA) is 52.7 Å². The Labute approximate surface area is 231 Å². The fourth-order valence-corrected chi connectivity index (χ4v) is 5.98. The van der Waals surface area contributed by atoms with E-state index in [2.05, 4.69) is 33.3 Å². The van der Waals surface area contributed by atoms with E-state index in [1.807, 2.05) is 36.4 Å². The second kappa shape index (κ2) is 13.1. The molecule has 0 aromatic heterocycles. The summed E-state index contributed by atoms with van der Waals surface area (Å²) in [6, 6.07) is 21.1. The molecule has 1 N–H and O–H groups in total. The number of hydrogen-bond acceptors (Lipinski definition) is 4. The van der Waals surface area contributed by atoms with Gasteiger partial charge in [0.1, 0.15) is 5.82 Å². The zero-order valence-electron chi connectivity index (χ0n) is 22.6. The Balaban J connectivity index is 1.11. The number of hydrogen-bond donors (Lipinski definition) is 1. The minimum Gasteiger partial charge on any atom is -0.329 e. The van der Waals surface area contributed by atoms with Crippen LogP contribution in [0.3, 0.4) is 0 Å². The summed E-state index contributed by atoms with van der Waals surface area (Å²) in [6.07, 6.45) is 6.59. The summed E-state index contributed by atoms with van der Waals surface area (Å²) in [6.45, 7) is 5.56. The summed E-state index contributed by atoms with van der Waals surface area (Å²) in [5, 5.41) is 2.72. The van der Waals surface area contributed by atoms with Gasteiger partial charge in [-0.15, -0.1) is 0 Å². The van der Waals surface area contributed by atoms with Gasteiger partial charge < -0.3 is 5.32 Å². The number of likely N-dealkylation sites (tertiary alicyclic amines) is 1. The zero-order chi connectivity index (χ0) is 27.0. The summed E-state index contributed by atoms with van der Waals surface area (Å²) < 4.78 is 13.3. The smallest absolute Gasteiger partial charge is 0.211 e. The Morgan fingerprint density at radius 2 is 1.69 bits per heavy atom. The molecule has 2 aliphatic rings. The molecule has 3 aromatic carbocycles. The number of piperidine rings is 1. The van der Waals surface area contributed by atoms with Crippen molar-refractivity contribution < 1.29 is 14.0 Å². The maximum absolute atomic E-state index is 13.3. The fraction of sp³-hybridized carbons (Fsp3) is 0.394. The Bertz CT molecular complexity index is 1270. The summed E-state index contributed by atoms with van der Waals surface area (Å²) in [5.41, 5.74) is 6.57. The Morgan fingerprint density at radius 1 is 0.897 bits per heavy atom. The monoisotopic (exact) mass is 527 g/mol. The molecule has 5 rings (SSSR count). The van der Waals surface area contributed by atoms with Gasteiger partial charge in [-0.2, -0.15) is 0 Å². The van der Waals surface area contributed by atoms with Gasteiger partial charge in [0.25, 0.3) is 0 Å². The van der Waals surface area contributed by atoms with E-state index >= 15 is 0 Å². The van der Waals surface area contributed by atoms with Crippen LogP contribution >= 0.6 is 0 Å². The van der Waals surface area contributed by atoms with Gasteiger partial charge in [0, 0.05) is 37.3 Å². The lowest BCUT2D eigenvalue weighted by Gasteiger charge is -2.32. The number of rotatable bonds is 10. The molecule has 0 atom stereocenters. The van der Waals surface area contributed by atoms with Crippen molar-refractivity contribution in [1.82, 2.24) is 9.80 Å². The molecule has 0 bridgehead atoms. The van der Waals surface area contributed by atoms with Crippen LogP contribution in [0, 0.1) is 11.7 Å². The van der Waals surface area contributed by atoms with Crippen LogP contribution in [0.1, 0.15) is 64.7 Å². The molecule has 39 heavy (non-hydrogen) atoms. The van der Waals surface area contributed by atoms with Crippen LogP contribution < -0.4 is 5.32 Å². The van der Waals surface area contributed by atoms with Crippen LogP contribution in [0.15, 0.2) is 66.7 Å². The maximum Gasteiger partial charge on any atom is 0.211 e. The van der Waals surface area contributed by atoms with E-state index < -0.39 is 0 Å². The number of ketones is 1. The third-order valence-corrected chi connectivity index (χ3v) is 8.21. The molecule has 204 valence electrons. The van der Waals surface area contributed by atoms with E-state index in [0.29, 0.717) is 18.7 Å². The number of carbonyl (C=O) groups is 2. The van der Waals surface area contributed by atoms with Crippen molar-refractivity contribution in [2.24, 2.45) is 5.92 Å². The zero-order valence-corrected chi connectivity index (χ0v) is 22.6. The van der Waals surface area contributed by atoms with E-state index in [4.69, 9.17) is 0 Å². The van der Waals surface area contributed by atoms with Gasteiger partial charge >= 0.3 is 0 Å².